The third-order valence-corrected chi connectivity index (χ3v) is 11.7. The first-order chi connectivity index (χ1) is 19.1. The van der Waals surface area contributed by atoms with Crippen molar-refractivity contribution in [2.45, 2.75) is 22.6 Å². The largest absolute Gasteiger partial charge is 0.305 e. The van der Waals surface area contributed by atoms with Crippen molar-refractivity contribution in [2.75, 3.05) is 71.9 Å². The van der Waals surface area contributed by atoms with Crippen molar-refractivity contribution in [3.05, 3.63) is 41.3 Å². The van der Waals surface area contributed by atoms with Gasteiger partial charge < -0.3 is 9.80 Å². The fourth-order valence-corrected chi connectivity index (χ4v) is 8.52. The third-order valence-electron chi connectivity index (χ3n) is 7.87. The van der Waals surface area contributed by atoms with E-state index in [1.54, 1.807) is 0 Å². The fourth-order valence-electron chi connectivity index (χ4n) is 5.53. The fraction of sp³-hybridized carbons (Fsp3) is 0.462. The van der Waals surface area contributed by atoms with E-state index in [-0.39, 0.29) is 31.9 Å². The van der Waals surface area contributed by atoms with Gasteiger partial charge in [0, 0.05) is 60.8 Å². The van der Waals surface area contributed by atoms with Crippen molar-refractivity contribution in [3.8, 4) is 0 Å². The number of fused-ring (bicyclic) bond motifs is 2. The lowest BCUT2D eigenvalue weighted by molar-refractivity contribution is 0.347. The van der Waals surface area contributed by atoms with Gasteiger partial charge in [-0.25, -0.2) is 16.8 Å². The normalized spacial score (nSPS) is 19.5. The summed E-state index contributed by atoms with van der Waals surface area (Å²) < 4.78 is 57.0. The van der Waals surface area contributed by atoms with Crippen LogP contribution in [0.5, 0.6) is 0 Å². The van der Waals surface area contributed by atoms with Crippen LogP contribution in [-0.2, 0) is 20.0 Å². The molecule has 3 aromatic carbocycles. The molecule has 216 valence electrons. The van der Waals surface area contributed by atoms with Gasteiger partial charge in [-0.1, -0.05) is 12.1 Å². The maximum Gasteiger partial charge on any atom is 0.243 e. The maximum absolute atomic E-state index is 13.5. The molecule has 0 unspecified atom stereocenters. The Morgan fingerprint density at radius 3 is 1.68 bits per heavy atom. The zero-order valence-electron chi connectivity index (χ0n) is 22.6. The van der Waals surface area contributed by atoms with Gasteiger partial charge in [-0.3, -0.25) is 10.7 Å². The molecule has 0 spiro atoms. The van der Waals surface area contributed by atoms with Crippen molar-refractivity contribution in [3.63, 3.8) is 0 Å². The Labute approximate surface area is 234 Å². The lowest BCUT2D eigenvalue weighted by Gasteiger charge is -2.22. The van der Waals surface area contributed by atoms with Crippen LogP contribution in [0.25, 0.3) is 21.5 Å². The van der Waals surface area contributed by atoms with E-state index >= 15 is 0 Å². The predicted molar refractivity (Wildman–Crippen MR) is 154 cm³/mol. The van der Waals surface area contributed by atoms with Gasteiger partial charge in [0.1, 0.15) is 5.69 Å². The summed E-state index contributed by atoms with van der Waals surface area (Å²) in [5.74, 6) is 0. The van der Waals surface area contributed by atoms with Crippen molar-refractivity contribution in [2.24, 2.45) is 5.18 Å². The number of anilines is 1. The monoisotopic (exact) mass is 590 g/mol. The zero-order chi connectivity index (χ0) is 28.7. The van der Waals surface area contributed by atoms with Crippen LogP contribution < -0.4 is 5.48 Å². The number of hydrogen-bond acceptors (Lipinski definition) is 10. The van der Waals surface area contributed by atoms with Crippen LogP contribution >= 0.6 is 0 Å². The Balaban J connectivity index is 1.63. The predicted octanol–water partition coefficient (Wildman–Crippen LogP) is 2.84. The van der Waals surface area contributed by atoms with Gasteiger partial charge in [-0.05, 0) is 69.5 Å². The Hall–Kier alpha value is -2.72. The molecule has 2 heterocycles. The highest BCUT2D eigenvalue weighted by Crippen LogP contribution is 2.43. The van der Waals surface area contributed by atoms with Gasteiger partial charge in [0.2, 0.25) is 20.0 Å². The second-order valence-corrected chi connectivity index (χ2v) is 14.3. The first-order valence-corrected chi connectivity index (χ1v) is 16.1. The average Bonchev–Trinajstić information content (AvgIpc) is 3.31. The molecule has 2 aliphatic rings. The molecule has 2 N–H and O–H groups in total. The summed E-state index contributed by atoms with van der Waals surface area (Å²) in [7, 11) is -3.79. The number of likely N-dealkylation sites (N-methyl/N-ethyl adjacent to an activating group) is 2. The Kier molecular flexibility index (Phi) is 8.12. The minimum atomic E-state index is -3.85. The molecule has 0 atom stereocenters. The number of nitroso groups, excluding NO2 is 1. The van der Waals surface area contributed by atoms with Crippen molar-refractivity contribution in [1.29, 1.82) is 0 Å². The summed E-state index contributed by atoms with van der Waals surface area (Å²) in [4.78, 5) is 16.4. The van der Waals surface area contributed by atoms with Crippen LogP contribution in [0.15, 0.2) is 51.4 Å². The van der Waals surface area contributed by atoms with E-state index in [4.69, 9.17) is 0 Å². The number of hydrogen-bond donors (Lipinski definition) is 2. The molecule has 2 fully saturated rings. The molecule has 0 bridgehead atoms. The topological polar surface area (TPSA) is 143 Å². The van der Waals surface area contributed by atoms with E-state index in [1.807, 2.05) is 14.1 Å². The van der Waals surface area contributed by atoms with E-state index in [2.05, 4.69) is 20.5 Å². The molecule has 0 aromatic heterocycles. The maximum atomic E-state index is 13.5. The first-order valence-electron chi connectivity index (χ1n) is 13.2. The van der Waals surface area contributed by atoms with Crippen LogP contribution in [0.4, 0.5) is 11.4 Å². The van der Waals surface area contributed by atoms with E-state index in [0.29, 0.717) is 62.9 Å². The van der Waals surface area contributed by atoms with Gasteiger partial charge in [-0.15, -0.1) is 4.91 Å². The molecule has 12 nitrogen and oxygen atoms in total. The highest BCUT2D eigenvalue weighted by Gasteiger charge is 2.29. The molecule has 40 heavy (non-hydrogen) atoms. The minimum absolute atomic E-state index is 0.0167. The summed E-state index contributed by atoms with van der Waals surface area (Å²) in [6.07, 6.45) is 1.41. The summed E-state index contributed by atoms with van der Waals surface area (Å²) >= 11 is 0. The molecular formula is C26H34N6O6S2. The number of nitrogens with one attached hydrogen (secondary N) is 1. The molecule has 3 aromatic rings. The number of rotatable bonds is 6. The molecule has 0 saturated carbocycles. The zero-order valence-corrected chi connectivity index (χ0v) is 24.2. The summed E-state index contributed by atoms with van der Waals surface area (Å²) in [5.41, 5.74) is 2.28. The molecule has 2 saturated heterocycles. The molecule has 14 heteroatoms. The summed E-state index contributed by atoms with van der Waals surface area (Å²) in [6, 6.07) is 8.66. The lowest BCUT2D eigenvalue weighted by Crippen LogP contribution is -2.34. The van der Waals surface area contributed by atoms with Crippen LogP contribution in [0.3, 0.4) is 0 Å². The summed E-state index contributed by atoms with van der Waals surface area (Å²) in [6.45, 7) is 4.29. The van der Waals surface area contributed by atoms with Gasteiger partial charge in [-0.2, -0.15) is 8.61 Å². The van der Waals surface area contributed by atoms with Crippen molar-refractivity contribution >= 4 is 53.0 Å². The van der Waals surface area contributed by atoms with E-state index in [9.17, 15) is 26.9 Å². The van der Waals surface area contributed by atoms with Crippen molar-refractivity contribution in [1.82, 2.24) is 18.4 Å². The smallest absolute Gasteiger partial charge is 0.243 e. The van der Waals surface area contributed by atoms with Gasteiger partial charge in [0.05, 0.1) is 15.5 Å². The number of benzene rings is 3. The second-order valence-electron chi connectivity index (χ2n) is 10.5. The Morgan fingerprint density at radius 2 is 1.18 bits per heavy atom. The molecule has 0 aliphatic carbocycles. The summed E-state index contributed by atoms with van der Waals surface area (Å²) in [5, 5.41) is 14.5. The molecular weight excluding hydrogens is 556 g/mol. The van der Waals surface area contributed by atoms with Gasteiger partial charge in [0.25, 0.3) is 0 Å². The average molecular weight is 591 g/mol. The van der Waals surface area contributed by atoms with Crippen LogP contribution in [-0.4, -0.2) is 107 Å². The van der Waals surface area contributed by atoms with Gasteiger partial charge in [0.15, 0.2) is 0 Å². The molecule has 0 amide bonds. The SMILES string of the molecule is CN1CCCN(S(=O)(=O)c2ccc3c(NO)c4cc(S(=O)(=O)N5CCCN(C)CC5)ccc4c(N=O)c3c2)CC1. The standard InChI is InChI=1S/C26H34N6O6S2/c1-29-9-3-11-31(15-13-29)39(35,36)19-5-7-21-23(17-19)25(27-33)22-8-6-20(18-24(22)26(21)28-34)40(37,38)32-12-4-10-30(2)14-16-32/h5-8,17-18,27,33H,3-4,9-16H2,1-2H3. The highest BCUT2D eigenvalue weighted by molar-refractivity contribution is 7.89. The Bertz CT molecular complexity index is 1660. The van der Waals surface area contributed by atoms with Crippen LogP contribution in [0.2, 0.25) is 0 Å². The minimum Gasteiger partial charge on any atom is -0.305 e. The second kappa shape index (κ2) is 11.3. The van der Waals surface area contributed by atoms with Gasteiger partial charge >= 0.3 is 0 Å². The molecule has 0 radical (unpaired) electrons. The van der Waals surface area contributed by atoms with E-state index in [1.165, 1.54) is 45.0 Å². The van der Waals surface area contributed by atoms with Crippen LogP contribution in [0, 0.1) is 4.91 Å². The van der Waals surface area contributed by atoms with Crippen LogP contribution in [0.1, 0.15) is 12.8 Å². The third kappa shape index (κ3) is 5.20. The highest BCUT2D eigenvalue weighted by atomic mass is 32.2. The quantitative estimate of drug-likeness (QED) is 0.252. The first kappa shape index (κ1) is 28.8. The number of nitrogens with zero attached hydrogens (tertiary/aromatic N) is 5. The van der Waals surface area contributed by atoms with E-state index in [0.717, 1.165) is 13.1 Å². The Morgan fingerprint density at radius 1 is 0.675 bits per heavy atom. The van der Waals surface area contributed by atoms with Crippen molar-refractivity contribution < 1.29 is 22.0 Å². The molecule has 5 rings (SSSR count). The van der Waals surface area contributed by atoms with E-state index < -0.39 is 20.0 Å². The lowest BCUT2D eigenvalue weighted by atomic mass is 9.99. The molecule has 2 aliphatic heterocycles. The number of sulfonamides is 2.